The van der Waals surface area contributed by atoms with E-state index in [4.69, 9.17) is 19.5 Å². The number of carboxylic acids is 1. The van der Waals surface area contributed by atoms with Crippen LogP contribution in [0.15, 0.2) is 28.9 Å². The smallest absolute Gasteiger partial charge is 0.372 e. The van der Waals surface area contributed by atoms with Gasteiger partial charge in [0.15, 0.2) is 0 Å². The third kappa shape index (κ3) is 2.64. The molecule has 0 atom stereocenters. The quantitative estimate of drug-likeness (QED) is 0.923. The van der Waals surface area contributed by atoms with E-state index in [0.717, 1.165) is 11.1 Å². The minimum Gasteiger partial charge on any atom is -0.488 e. The van der Waals surface area contributed by atoms with E-state index in [2.05, 4.69) is 6.07 Å². The average Bonchev–Trinajstić information content (AvgIpc) is 2.86. The van der Waals surface area contributed by atoms with Gasteiger partial charge in [0.2, 0.25) is 5.76 Å². The lowest BCUT2D eigenvalue weighted by atomic mass is 10.1. The van der Waals surface area contributed by atoms with Crippen LogP contribution in [0.3, 0.4) is 0 Å². The molecule has 0 saturated carbocycles. The maximum atomic E-state index is 10.9. The van der Waals surface area contributed by atoms with Gasteiger partial charge < -0.3 is 14.3 Å². The first-order valence-corrected chi connectivity index (χ1v) is 5.96. The van der Waals surface area contributed by atoms with Crippen molar-refractivity contribution in [2.24, 2.45) is 0 Å². The largest absolute Gasteiger partial charge is 0.488 e. The molecule has 1 aromatic heterocycles. The molecule has 102 valence electrons. The van der Waals surface area contributed by atoms with Gasteiger partial charge in [-0.15, -0.1) is 0 Å². The Morgan fingerprint density at radius 3 is 2.60 bits per heavy atom. The second kappa shape index (κ2) is 5.49. The number of ether oxygens (including phenoxy) is 1. The molecule has 1 heterocycles. The van der Waals surface area contributed by atoms with Crippen molar-refractivity contribution in [3.05, 3.63) is 52.5 Å². The van der Waals surface area contributed by atoms with Gasteiger partial charge in [-0.2, -0.15) is 5.26 Å². The number of aromatic carboxylic acids is 1. The molecule has 5 heteroatoms. The molecule has 0 radical (unpaired) electrons. The Morgan fingerprint density at radius 1 is 1.40 bits per heavy atom. The Bertz CT molecular complexity index is 671. The second-order valence-electron chi connectivity index (χ2n) is 4.42. The van der Waals surface area contributed by atoms with Gasteiger partial charge in [0, 0.05) is 5.56 Å². The number of furan rings is 1. The van der Waals surface area contributed by atoms with E-state index in [-0.39, 0.29) is 12.4 Å². The van der Waals surface area contributed by atoms with Crippen LogP contribution in [0, 0.1) is 25.2 Å². The summed E-state index contributed by atoms with van der Waals surface area (Å²) in [4.78, 5) is 10.9. The minimum atomic E-state index is -1.12. The summed E-state index contributed by atoms with van der Waals surface area (Å²) in [6, 6.07) is 7.11. The van der Waals surface area contributed by atoms with Gasteiger partial charge in [-0.05, 0) is 43.2 Å². The number of carboxylic acid groups (broad SMARTS) is 1. The van der Waals surface area contributed by atoms with Crippen LogP contribution in [0.4, 0.5) is 0 Å². The van der Waals surface area contributed by atoms with Crippen LogP contribution in [0.5, 0.6) is 5.75 Å². The molecule has 1 aromatic carbocycles. The maximum absolute atomic E-state index is 10.9. The molecule has 0 aliphatic rings. The topological polar surface area (TPSA) is 83.5 Å². The summed E-state index contributed by atoms with van der Waals surface area (Å²) in [7, 11) is 0. The summed E-state index contributed by atoms with van der Waals surface area (Å²) in [6.45, 7) is 3.79. The van der Waals surface area contributed by atoms with E-state index in [1.807, 2.05) is 13.8 Å². The molecule has 20 heavy (non-hydrogen) atoms. The van der Waals surface area contributed by atoms with Gasteiger partial charge in [-0.1, -0.05) is 0 Å². The predicted octanol–water partition coefficient (Wildman–Crippen LogP) is 3.05. The first kappa shape index (κ1) is 13.7. The Kier molecular flexibility index (Phi) is 3.76. The highest BCUT2D eigenvalue weighted by atomic mass is 16.5. The van der Waals surface area contributed by atoms with E-state index < -0.39 is 5.97 Å². The van der Waals surface area contributed by atoms with Gasteiger partial charge in [0.25, 0.3) is 0 Å². The van der Waals surface area contributed by atoms with E-state index >= 15 is 0 Å². The Balaban J connectivity index is 2.22. The zero-order valence-electron chi connectivity index (χ0n) is 11.1. The molecular formula is C15H13NO4. The summed E-state index contributed by atoms with van der Waals surface area (Å²) >= 11 is 0. The highest BCUT2D eigenvalue weighted by Gasteiger charge is 2.15. The standard InChI is InChI=1S/C15H13NO4/c1-9-5-11(7-16)6-10(2)13(9)20-8-12-3-4-19-14(12)15(17)18/h3-6H,8H2,1-2H3,(H,17,18). The van der Waals surface area contributed by atoms with Crippen molar-refractivity contribution in [3.63, 3.8) is 0 Å². The van der Waals surface area contributed by atoms with Crippen LogP contribution >= 0.6 is 0 Å². The van der Waals surface area contributed by atoms with Crippen molar-refractivity contribution in [2.45, 2.75) is 20.5 Å². The number of benzene rings is 1. The molecule has 2 aromatic rings. The number of nitriles is 1. The number of hydrogen-bond acceptors (Lipinski definition) is 4. The summed E-state index contributed by atoms with van der Waals surface area (Å²) in [5, 5.41) is 17.8. The molecule has 0 spiro atoms. The lowest BCUT2D eigenvalue weighted by Gasteiger charge is -2.12. The Morgan fingerprint density at radius 2 is 2.05 bits per heavy atom. The normalized spacial score (nSPS) is 10.1. The fraction of sp³-hybridized carbons (Fsp3) is 0.200. The van der Waals surface area contributed by atoms with Gasteiger partial charge in [0.1, 0.15) is 12.4 Å². The molecule has 1 N–H and O–H groups in total. The highest BCUT2D eigenvalue weighted by molar-refractivity contribution is 5.86. The molecule has 0 aliphatic carbocycles. The number of aryl methyl sites for hydroxylation is 2. The predicted molar refractivity (Wildman–Crippen MR) is 70.6 cm³/mol. The van der Waals surface area contributed by atoms with Gasteiger partial charge in [-0.3, -0.25) is 0 Å². The van der Waals surface area contributed by atoms with Gasteiger partial charge in [0.05, 0.1) is 17.9 Å². The van der Waals surface area contributed by atoms with Crippen LogP contribution in [0.25, 0.3) is 0 Å². The molecule has 0 bridgehead atoms. The molecular weight excluding hydrogens is 258 g/mol. The summed E-state index contributed by atoms with van der Waals surface area (Å²) in [5.41, 5.74) is 2.71. The van der Waals surface area contributed by atoms with Crippen LogP contribution in [-0.2, 0) is 6.61 Å². The molecule has 0 amide bonds. The zero-order chi connectivity index (χ0) is 14.7. The number of rotatable bonds is 4. The molecule has 0 unspecified atom stereocenters. The van der Waals surface area contributed by atoms with Crippen molar-refractivity contribution in [3.8, 4) is 11.8 Å². The van der Waals surface area contributed by atoms with Gasteiger partial charge in [-0.25, -0.2) is 4.79 Å². The van der Waals surface area contributed by atoms with Crippen LogP contribution in [0.2, 0.25) is 0 Å². The average molecular weight is 271 g/mol. The maximum Gasteiger partial charge on any atom is 0.372 e. The monoisotopic (exact) mass is 271 g/mol. The van der Waals surface area contributed by atoms with Crippen LogP contribution < -0.4 is 4.74 Å². The summed E-state index contributed by atoms with van der Waals surface area (Å²) in [6.07, 6.45) is 1.32. The van der Waals surface area contributed by atoms with E-state index in [9.17, 15) is 4.79 Å². The van der Waals surface area contributed by atoms with Crippen LogP contribution in [0.1, 0.15) is 32.8 Å². The van der Waals surface area contributed by atoms with E-state index in [1.54, 1.807) is 18.2 Å². The van der Waals surface area contributed by atoms with Gasteiger partial charge >= 0.3 is 5.97 Å². The third-order valence-corrected chi connectivity index (χ3v) is 2.90. The highest BCUT2D eigenvalue weighted by Crippen LogP contribution is 2.26. The van der Waals surface area contributed by atoms with Crippen molar-refractivity contribution in [1.82, 2.24) is 0 Å². The third-order valence-electron chi connectivity index (χ3n) is 2.90. The first-order chi connectivity index (χ1) is 9.52. The number of carbonyl (C=O) groups is 1. The fourth-order valence-electron chi connectivity index (χ4n) is 2.03. The number of nitrogens with zero attached hydrogens (tertiary/aromatic N) is 1. The lowest BCUT2D eigenvalue weighted by Crippen LogP contribution is -2.04. The van der Waals surface area contributed by atoms with E-state index in [1.165, 1.54) is 6.26 Å². The van der Waals surface area contributed by atoms with Crippen molar-refractivity contribution < 1.29 is 19.1 Å². The van der Waals surface area contributed by atoms with Crippen LogP contribution in [-0.4, -0.2) is 11.1 Å². The van der Waals surface area contributed by atoms with Crippen molar-refractivity contribution in [1.29, 1.82) is 5.26 Å². The SMILES string of the molecule is Cc1cc(C#N)cc(C)c1OCc1ccoc1C(=O)O. The Labute approximate surface area is 116 Å². The molecule has 0 saturated heterocycles. The Hall–Kier alpha value is -2.74. The second-order valence-corrected chi connectivity index (χ2v) is 4.42. The zero-order valence-corrected chi connectivity index (χ0v) is 11.1. The van der Waals surface area contributed by atoms with Crippen molar-refractivity contribution >= 4 is 5.97 Å². The first-order valence-electron chi connectivity index (χ1n) is 5.96. The lowest BCUT2D eigenvalue weighted by molar-refractivity contribution is 0.0658. The molecule has 2 rings (SSSR count). The summed E-state index contributed by atoms with van der Waals surface area (Å²) < 4.78 is 10.6. The molecule has 5 nitrogen and oxygen atoms in total. The molecule has 0 fully saturated rings. The van der Waals surface area contributed by atoms with E-state index in [0.29, 0.717) is 16.9 Å². The van der Waals surface area contributed by atoms with Crippen molar-refractivity contribution in [2.75, 3.05) is 0 Å². The number of hydrogen-bond donors (Lipinski definition) is 1. The minimum absolute atomic E-state index is 0.103. The molecule has 0 aliphatic heterocycles. The summed E-state index contributed by atoms with van der Waals surface area (Å²) in [5.74, 6) is -0.586. The fourth-order valence-corrected chi connectivity index (χ4v) is 2.03.